The molecular weight excluding hydrogens is 670 g/mol. The highest BCUT2D eigenvalue weighted by Gasteiger charge is 2.51. The predicted octanol–water partition coefficient (Wildman–Crippen LogP) is -3.72. The van der Waals surface area contributed by atoms with Crippen LogP contribution in [0.1, 0.15) is 71.1 Å². The maximum Gasteiger partial charge on any atom is 0.335 e. The summed E-state index contributed by atoms with van der Waals surface area (Å²) < 4.78 is 21.7. The molecule has 50 heavy (non-hydrogen) atoms. The van der Waals surface area contributed by atoms with Crippen molar-refractivity contribution in [2.75, 3.05) is 26.4 Å². The average Bonchev–Trinajstić information content (AvgIpc) is 3.11. The van der Waals surface area contributed by atoms with Crippen molar-refractivity contribution in [1.29, 1.82) is 0 Å². The van der Waals surface area contributed by atoms with E-state index in [1.54, 1.807) is 0 Å². The van der Waals surface area contributed by atoms with E-state index in [-0.39, 0.29) is 0 Å². The second-order valence-electron chi connectivity index (χ2n) is 12.7. The summed E-state index contributed by atoms with van der Waals surface area (Å²) in [5, 5.41) is 118. The van der Waals surface area contributed by atoms with E-state index in [1.807, 2.05) is 0 Å². The number of rotatable bonds is 23. The molecule has 2 fully saturated rings. The molecule has 2 amide bonds. The lowest BCUT2D eigenvalue weighted by atomic mass is 9.96. The molecule has 0 bridgehead atoms. The lowest BCUT2D eigenvalue weighted by molar-refractivity contribution is -0.367. The van der Waals surface area contributed by atoms with E-state index in [9.17, 15) is 61.0 Å². The number of aliphatic hydroxyl groups is 11. The monoisotopic (exact) mass is 729 g/mol. The third-order valence-electron chi connectivity index (χ3n) is 8.71. The number of urea groups is 1. The summed E-state index contributed by atoms with van der Waals surface area (Å²) in [6.45, 7) is -0.0619. The van der Waals surface area contributed by atoms with Crippen LogP contribution in [0.3, 0.4) is 0 Å². The maximum absolute atomic E-state index is 12.0. The summed E-state index contributed by atoms with van der Waals surface area (Å²) in [4.78, 5) is 12.0. The first kappa shape index (κ1) is 44.5. The standard InChI is InChI=1S/C31H59N3O16/c1-2-3-4-5-6-7-8-9-10-11-12-32-31(46)34-33-13-17(38)21(40)27(18(39)14-35)49-30-26(45)24(43)28(20(16-37)48-30)50-29-25(44)23(42)22(41)19(15-36)47-29/h13,17-30,35-45H,2-12,14-16H2,1H3,(H2,32,34,46)/b33-13+/t17-,18+,19+,20+,21+,22+,23-,24+,25+,26+,27+,28+,29+,30+/m0/s1. The Morgan fingerprint density at radius 2 is 1.32 bits per heavy atom. The van der Waals surface area contributed by atoms with Crippen molar-refractivity contribution in [1.82, 2.24) is 10.7 Å². The molecule has 0 spiro atoms. The molecule has 0 unspecified atom stereocenters. The predicted molar refractivity (Wildman–Crippen MR) is 173 cm³/mol. The zero-order chi connectivity index (χ0) is 37.2. The van der Waals surface area contributed by atoms with Gasteiger partial charge in [-0.2, -0.15) is 5.10 Å². The van der Waals surface area contributed by atoms with Crippen LogP contribution in [0.4, 0.5) is 4.79 Å². The van der Waals surface area contributed by atoms with Gasteiger partial charge >= 0.3 is 6.03 Å². The highest BCUT2D eigenvalue weighted by atomic mass is 16.7. The number of hydrazone groups is 1. The number of hydrogen-bond acceptors (Lipinski definition) is 17. The zero-order valence-corrected chi connectivity index (χ0v) is 28.5. The van der Waals surface area contributed by atoms with Gasteiger partial charge in [0.05, 0.1) is 26.0 Å². The summed E-state index contributed by atoms with van der Waals surface area (Å²) in [6.07, 6.45) is -13.1. The Hall–Kier alpha value is -1.66. The van der Waals surface area contributed by atoms with Crippen molar-refractivity contribution < 1.29 is 79.9 Å². The SMILES string of the molecule is CCCCCCCCCCCCNC(=O)N/N=C/[C@H](O)[C@@H](O)[C@H](O[C@H]1O[C@H](CO)[C@@H](O[C@H]2O[C@H](CO)[C@@H](O)[C@H](O)[C@H]2O)[C@H](O)[C@H]1O)[C@H](O)CO. The van der Waals surface area contributed by atoms with Gasteiger partial charge in [0.15, 0.2) is 12.6 Å². The molecule has 13 N–H and O–H groups in total. The van der Waals surface area contributed by atoms with Crippen LogP contribution in [0, 0.1) is 0 Å². The molecule has 19 heteroatoms. The molecule has 0 aromatic rings. The van der Waals surface area contributed by atoms with Gasteiger partial charge in [0.25, 0.3) is 0 Å². The number of unbranched alkanes of at least 4 members (excludes halogenated alkanes) is 9. The molecule has 2 aliphatic rings. The van der Waals surface area contributed by atoms with E-state index in [1.165, 1.54) is 38.5 Å². The largest absolute Gasteiger partial charge is 0.394 e. The third-order valence-corrected chi connectivity index (χ3v) is 8.71. The number of aliphatic hydroxyl groups excluding tert-OH is 11. The van der Waals surface area contributed by atoms with Crippen LogP contribution in [0.25, 0.3) is 0 Å². The third kappa shape index (κ3) is 13.7. The number of carbonyl (C=O) groups is 1. The second kappa shape index (κ2) is 23.8. The minimum Gasteiger partial charge on any atom is -0.394 e. The highest BCUT2D eigenvalue weighted by molar-refractivity contribution is 5.75. The van der Waals surface area contributed by atoms with Crippen LogP contribution < -0.4 is 10.7 Å². The Bertz CT molecular complexity index is 952. The molecule has 0 aromatic heterocycles. The molecule has 2 rings (SSSR count). The van der Waals surface area contributed by atoms with E-state index in [0.29, 0.717) is 6.54 Å². The Morgan fingerprint density at radius 1 is 0.760 bits per heavy atom. The summed E-state index contributed by atoms with van der Waals surface area (Å²) in [5.41, 5.74) is 2.13. The lowest BCUT2D eigenvalue weighted by Crippen LogP contribution is -2.65. The lowest BCUT2D eigenvalue weighted by Gasteiger charge is -2.46. The van der Waals surface area contributed by atoms with E-state index in [2.05, 4.69) is 22.8 Å². The minimum atomic E-state index is -2.04. The van der Waals surface area contributed by atoms with E-state index in [0.717, 1.165) is 31.9 Å². The Balaban J connectivity index is 1.88. The van der Waals surface area contributed by atoms with Gasteiger partial charge in [0.1, 0.15) is 73.2 Å². The van der Waals surface area contributed by atoms with E-state index < -0.39 is 112 Å². The number of hydrogen-bond donors (Lipinski definition) is 13. The molecule has 2 aliphatic heterocycles. The van der Waals surface area contributed by atoms with Crippen molar-refractivity contribution in [3.8, 4) is 0 Å². The summed E-state index contributed by atoms with van der Waals surface area (Å²) in [6, 6.07) is -0.662. The zero-order valence-electron chi connectivity index (χ0n) is 28.5. The van der Waals surface area contributed by atoms with Crippen LogP contribution in [0.15, 0.2) is 5.10 Å². The van der Waals surface area contributed by atoms with Crippen LogP contribution in [-0.2, 0) is 18.9 Å². The summed E-state index contributed by atoms with van der Waals surface area (Å²) in [5.74, 6) is 0. The van der Waals surface area contributed by atoms with Gasteiger partial charge in [-0.15, -0.1) is 0 Å². The second-order valence-corrected chi connectivity index (χ2v) is 12.7. The Labute approximate surface area is 291 Å². The van der Waals surface area contributed by atoms with Gasteiger partial charge in [0.2, 0.25) is 0 Å². The van der Waals surface area contributed by atoms with E-state index >= 15 is 0 Å². The van der Waals surface area contributed by atoms with Gasteiger partial charge in [-0.25, -0.2) is 10.2 Å². The summed E-state index contributed by atoms with van der Waals surface area (Å²) in [7, 11) is 0. The fraction of sp³-hybridized carbons (Fsp3) is 0.935. The summed E-state index contributed by atoms with van der Waals surface area (Å²) >= 11 is 0. The molecule has 14 atom stereocenters. The smallest absolute Gasteiger partial charge is 0.335 e. The van der Waals surface area contributed by atoms with E-state index in [4.69, 9.17) is 18.9 Å². The van der Waals surface area contributed by atoms with Crippen LogP contribution in [0.2, 0.25) is 0 Å². The van der Waals surface area contributed by atoms with Crippen LogP contribution >= 0.6 is 0 Å². The fourth-order valence-corrected chi connectivity index (χ4v) is 5.63. The fourth-order valence-electron chi connectivity index (χ4n) is 5.63. The van der Waals surface area contributed by atoms with Gasteiger partial charge in [0, 0.05) is 6.54 Å². The first-order chi connectivity index (χ1) is 23.9. The van der Waals surface area contributed by atoms with Gasteiger partial charge in [-0.1, -0.05) is 64.7 Å². The molecule has 2 saturated heterocycles. The van der Waals surface area contributed by atoms with Crippen molar-refractivity contribution in [3.05, 3.63) is 0 Å². The number of nitrogens with zero attached hydrogens (tertiary/aromatic N) is 1. The molecular formula is C31H59N3O16. The quantitative estimate of drug-likeness (QED) is 0.0273. The molecule has 19 nitrogen and oxygen atoms in total. The molecule has 0 saturated carbocycles. The molecule has 0 aliphatic carbocycles. The first-order valence-corrected chi connectivity index (χ1v) is 17.4. The number of ether oxygens (including phenoxy) is 4. The van der Waals surface area contributed by atoms with Crippen molar-refractivity contribution >= 4 is 12.2 Å². The maximum atomic E-state index is 12.0. The van der Waals surface area contributed by atoms with Crippen LogP contribution in [0.5, 0.6) is 0 Å². The minimum absolute atomic E-state index is 0.403. The van der Waals surface area contributed by atoms with Gasteiger partial charge < -0.3 is 80.4 Å². The van der Waals surface area contributed by atoms with Gasteiger partial charge in [-0.05, 0) is 6.42 Å². The molecule has 2 heterocycles. The van der Waals surface area contributed by atoms with Crippen LogP contribution in [-0.4, -0.2) is 181 Å². The first-order valence-electron chi connectivity index (χ1n) is 17.4. The Morgan fingerprint density at radius 3 is 1.90 bits per heavy atom. The van der Waals surface area contributed by atoms with Crippen molar-refractivity contribution in [2.24, 2.45) is 5.10 Å². The molecule has 0 radical (unpaired) electrons. The normalized spacial score (nSPS) is 32.8. The molecule has 0 aromatic carbocycles. The molecule has 294 valence electrons. The Kier molecular flexibility index (Phi) is 21.2. The van der Waals surface area contributed by atoms with Crippen molar-refractivity contribution in [2.45, 2.75) is 157 Å². The topological polar surface area (TPSA) is 313 Å². The number of carbonyl (C=O) groups excluding carboxylic acids is 1. The van der Waals surface area contributed by atoms with Gasteiger partial charge in [-0.3, -0.25) is 0 Å². The van der Waals surface area contributed by atoms with Crippen molar-refractivity contribution in [3.63, 3.8) is 0 Å². The highest BCUT2D eigenvalue weighted by Crippen LogP contribution is 2.30. The number of amides is 2. The average molecular weight is 730 g/mol. The number of nitrogens with one attached hydrogen (secondary N) is 2.